The molecule has 2 aromatic heterocycles. The first kappa shape index (κ1) is 19.8. The Kier molecular flexibility index (Phi) is 5.42. The van der Waals surface area contributed by atoms with Gasteiger partial charge in [-0.2, -0.15) is 0 Å². The van der Waals surface area contributed by atoms with Crippen LogP contribution in [0.2, 0.25) is 0 Å². The zero-order valence-electron chi connectivity index (χ0n) is 17.1. The van der Waals surface area contributed by atoms with E-state index in [9.17, 15) is 9.18 Å². The summed E-state index contributed by atoms with van der Waals surface area (Å²) in [6, 6.07) is 11.4. The van der Waals surface area contributed by atoms with E-state index in [2.05, 4.69) is 10.1 Å². The summed E-state index contributed by atoms with van der Waals surface area (Å²) in [6.45, 7) is 3.52. The molecule has 160 valence electrons. The van der Waals surface area contributed by atoms with E-state index in [-0.39, 0.29) is 11.2 Å². The lowest BCUT2D eigenvalue weighted by molar-refractivity contribution is 0.182. The van der Waals surface area contributed by atoms with E-state index in [4.69, 9.17) is 13.7 Å². The van der Waals surface area contributed by atoms with E-state index in [0.29, 0.717) is 34.8 Å². The van der Waals surface area contributed by atoms with Gasteiger partial charge in [0, 0.05) is 36.0 Å². The van der Waals surface area contributed by atoms with Gasteiger partial charge in [-0.15, -0.1) is 0 Å². The minimum absolute atomic E-state index is 0.0540. The Hall–Kier alpha value is -3.19. The first-order valence-electron chi connectivity index (χ1n) is 10.6. The van der Waals surface area contributed by atoms with Crippen molar-refractivity contribution >= 4 is 21.9 Å². The molecule has 5 rings (SSSR count). The van der Waals surface area contributed by atoms with E-state index >= 15 is 0 Å². The predicted octanol–water partition coefficient (Wildman–Crippen LogP) is 4.72. The van der Waals surface area contributed by atoms with Gasteiger partial charge < -0.3 is 18.6 Å². The van der Waals surface area contributed by atoms with Crippen molar-refractivity contribution < 1.29 is 18.1 Å². The molecule has 3 heterocycles. The number of piperidine rings is 1. The van der Waals surface area contributed by atoms with Gasteiger partial charge in [0.2, 0.25) is 0 Å². The van der Waals surface area contributed by atoms with Crippen LogP contribution in [0.3, 0.4) is 0 Å². The lowest BCUT2D eigenvalue weighted by atomic mass is 9.92. The average Bonchev–Trinajstić information content (AvgIpc) is 3.20. The van der Waals surface area contributed by atoms with Crippen molar-refractivity contribution in [2.45, 2.75) is 25.2 Å². The van der Waals surface area contributed by atoms with Gasteiger partial charge in [-0.25, -0.2) is 4.39 Å². The number of rotatable bonds is 6. The van der Waals surface area contributed by atoms with Gasteiger partial charge in [0.05, 0.1) is 18.3 Å². The lowest BCUT2D eigenvalue weighted by Gasteiger charge is -2.30. The fourth-order valence-corrected chi connectivity index (χ4v) is 4.28. The van der Waals surface area contributed by atoms with Gasteiger partial charge in [0.25, 0.3) is 0 Å². The highest BCUT2D eigenvalue weighted by Gasteiger charge is 2.25. The van der Waals surface area contributed by atoms with Gasteiger partial charge >= 0.3 is 0 Å². The summed E-state index contributed by atoms with van der Waals surface area (Å²) in [6.07, 6.45) is 4.29. The SMILES string of the molecule is O=c1ccoc2cc(OCCCN3CCC(c4onc5cc(F)ccc45)CC3)ccc12. The van der Waals surface area contributed by atoms with Crippen LogP contribution in [0, 0.1) is 5.82 Å². The summed E-state index contributed by atoms with van der Waals surface area (Å²) in [4.78, 5) is 14.2. The molecule has 0 amide bonds. The molecule has 0 saturated carbocycles. The second kappa shape index (κ2) is 8.51. The fourth-order valence-electron chi connectivity index (χ4n) is 4.28. The normalized spacial score (nSPS) is 15.6. The standard InChI is InChI=1S/C24H23FN2O4/c25-17-2-4-19-21(14-17)26-31-24(19)16-6-10-27(11-7-16)9-1-12-29-18-3-5-20-22(28)8-13-30-23(20)15-18/h2-5,8,13-16H,1,6-7,9-12H2. The number of hydrogen-bond acceptors (Lipinski definition) is 6. The van der Waals surface area contributed by atoms with E-state index in [0.717, 1.165) is 50.0 Å². The molecule has 0 bridgehead atoms. The van der Waals surface area contributed by atoms with Crippen LogP contribution in [0.15, 0.2) is 62.5 Å². The predicted molar refractivity (Wildman–Crippen MR) is 115 cm³/mol. The largest absolute Gasteiger partial charge is 0.493 e. The van der Waals surface area contributed by atoms with E-state index in [1.165, 1.54) is 24.5 Å². The third kappa shape index (κ3) is 4.18. The van der Waals surface area contributed by atoms with Crippen LogP contribution in [0.5, 0.6) is 5.75 Å². The van der Waals surface area contributed by atoms with Gasteiger partial charge in [0.1, 0.15) is 28.4 Å². The molecule has 0 atom stereocenters. The summed E-state index contributed by atoms with van der Waals surface area (Å²) in [5.41, 5.74) is 1.07. The first-order chi connectivity index (χ1) is 15.2. The third-order valence-corrected chi connectivity index (χ3v) is 5.95. The Balaban J connectivity index is 1.10. The summed E-state index contributed by atoms with van der Waals surface area (Å²) < 4.78 is 30.1. The number of fused-ring (bicyclic) bond motifs is 2. The maximum atomic E-state index is 13.4. The van der Waals surface area contributed by atoms with Crippen LogP contribution in [-0.4, -0.2) is 36.3 Å². The number of halogens is 1. The Morgan fingerprint density at radius 3 is 2.81 bits per heavy atom. The molecule has 0 unspecified atom stereocenters. The highest BCUT2D eigenvalue weighted by molar-refractivity contribution is 5.81. The van der Waals surface area contributed by atoms with Crippen molar-refractivity contribution in [1.29, 1.82) is 0 Å². The zero-order chi connectivity index (χ0) is 21.2. The lowest BCUT2D eigenvalue weighted by Crippen LogP contribution is -2.34. The van der Waals surface area contributed by atoms with Crippen LogP contribution in [0.25, 0.3) is 21.9 Å². The smallest absolute Gasteiger partial charge is 0.192 e. The van der Waals surface area contributed by atoms with Crippen LogP contribution in [0.1, 0.15) is 30.9 Å². The van der Waals surface area contributed by atoms with Crippen molar-refractivity contribution in [3.63, 3.8) is 0 Å². The molecule has 31 heavy (non-hydrogen) atoms. The third-order valence-electron chi connectivity index (χ3n) is 5.95. The van der Waals surface area contributed by atoms with Crippen molar-refractivity contribution in [1.82, 2.24) is 10.1 Å². The van der Waals surface area contributed by atoms with Gasteiger partial charge in [-0.1, -0.05) is 5.16 Å². The number of likely N-dealkylation sites (tertiary alicyclic amines) is 1. The van der Waals surface area contributed by atoms with Crippen LogP contribution >= 0.6 is 0 Å². The molecule has 4 aromatic rings. The Morgan fingerprint density at radius 1 is 1.10 bits per heavy atom. The summed E-state index contributed by atoms with van der Waals surface area (Å²) in [5.74, 6) is 1.60. The van der Waals surface area contributed by atoms with E-state index in [1.807, 2.05) is 0 Å². The van der Waals surface area contributed by atoms with Crippen LogP contribution in [-0.2, 0) is 0 Å². The van der Waals surface area contributed by atoms with Gasteiger partial charge in [-0.3, -0.25) is 4.79 Å². The highest BCUT2D eigenvalue weighted by Crippen LogP contribution is 2.33. The van der Waals surface area contributed by atoms with Crippen molar-refractivity contribution in [2.75, 3.05) is 26.2 Å². The number of benzene rings is 2. The van der Waals surface area contributed by atoms with E-state index < -0.39 is 0 Å². The molecule has 1 aliphatic rings. The minimum atomic E-state index is -0.294. The molecular formula is C24H23FN2O4. The molecule has 1 aliphatic heterocycles. The number of ether oxygens (including phenoxy) is 1. The molecule has 6 nitrogen and oxygen atoms in total. The summed E-state index contributed by atoms with van der Waals surface area (Å²) in [7, 11) is 0. The maximum absolute atomic E-state index is 13.4. The highest BCUT2D eigenvalue weighted by atomic mass is 19.1. The molecule has 2 aromatic carbocycles. The average molecular weight is 422 g/mol. The number of aromatic nitrogens is 1. The van der Waals surface area contributed by atoms with Gasteiger partial charge in [-0.05, 0) is 56.6 Å². The second-order valence-corrected chi connectivity index (χ2v) is 7.97. The molecular weight excluding hydrogens is 399 g/mol. The number of hydrogen-bond donors (Lipinski definition) is 0. The minimum Gasteiger partial charge on any atom is -0.493 e. The molecule has 0 spiro atoms. The quantitative estimate of drug-likeness (QED) is 0.419. The Bertz CT molecular complexity index is 1260. The summed E-state index contributed by atoms with van der Waals surface area (Å²) in [5, 5.41) is 5.49. The molecule has 7 heteroatoms. The van der Waals surface area contributed by atoms with E-state index in [1.54, 1.807) is 24.3 Å². The molecule has 1 saturated heterocycles. The molecule has 0 N–H and O–H groups in total. The molecule has 0 aliphatic carbocycles. The van der Waals surface area contributed by atoms with Crippen LogP contribution in [0.4, 0.5) is 4.39 Å². The Morgan fingerprint density at radius 2 is 1.94 bits per heavy atom. The topological polar surface area (TPSA) is 68.7 Å². The van der Waals surface area contributed by atoms with Crippen molar-refractivity contribution in [3.05, 3.63) is 70.5 Å². The van der Waals surface area contributed by atoms with Crippen molar-refractivity contribution in [3.8, 4) is 5.75 Å². The summed E-state index contributed by atoms with van der Waals surface area (Å²) >= 11 is 0. The van der Waals surface area contributed by atoms with Gasteiger partial charge in [0.15, 0.2) is 5.43 Å². The Labute approximate surface area is 178 Å². The maximum Gasteiger partial charge on any atom is 0.192 e. The zero-order valence-corrected chi connectivity index (χ0v) is 17.1. The molecule has 1 fully saturated rings. The molecule has 0 radical (unpaired) electrons. The second-order valence-electron chi connectivity index (χ2n) is 7.97. The number of nitrogens with zero attached hydrogens (tertiary/aromatic N) is 2. The monoisotopic (exact) mass is 422 g/mol. The van der Waals surface area contributed by atoms with Crippen molar-refractivity contribution in [2.24, 2.45) is 0 Å². The first-order valence-corrected chi connectivity index (χ1v) is 10.6. The van der Waals surface area contributed by atoms with Crippen LogP contribution < -0.4 is 10.2 Å². The fraction of sp³-hybridized carbons (Fsp3) is 0.333.